The topological polar surface area (TPSA) is 92.6 Å². The van der Waals surface area contributed by atoms with E-state index in [9.17, 15) is 0 Å². The summed E-state index contributed by atoms with van der Waals surface area (Å²) in [6.45, 7) is 2.81. The van der Waals surface area contributed by atoms with Crippen molar-refractivity contribution in [1.82, 2.24) is 29.9 Å². The molecule has 0 amide bonds. The normalized spacial score (nSPS) is 16.8. The number of nitrogens with zero attached hydrogens (tertiary/aromatic N) is 7. The maximum atomic E-state index is 4.65. The highest BCUT2D eigenvalue weighted by Crippen LogP contribution is 2.34. The van der Waals surface area contributed by atoms with Gasteiger partial charge < -0.3 is 10.2 Å². The Hall–Kier alpha value is -3.16. The molecular formula is C17H18N8. The first-order chi connectivity index (χ1) is 12.3. The van der Waals surface area contributed by atoms with Crippen LogP contribution in [0.25, 0.3) is 0 Å². The molecule has 0 radical (unpaired) electrons. The molecule has 1 atom stereocenters. The van der Waals surface area contributed by atoms with Gasteiger partial charge in [-0.05, 0) is 25.8 Å². The standard InChI is InChI=1S/C17H18N8/c1-12-22-13(10-15(23-12)24-16-11-18-7-8-19-16)14-4-2-9-25(14)17-20-5-3-6-21-17/h3,5-8,10-11,14H,2,4,9H2,1H3,(H,19,22,23,24). The average Bonchev–Trinajstić information content (AvgIpc) is 3.13. The molecule has 0 bridgehead atoms. The van der Waals surface area contributed by atoms with Crippen LogP contribution in [0.5, 0.6) is 0 Å². The van der Waals surface area contributed by atoms with Gasteiger partial charge in [-0.3, -0.25) is 4.98 Å². The van der Waals surface area contributed by atoms with Gasteiger partial charge in [0, 0.05) is 37.4 Å². The lowest BCUT2D eigenvalue weighted by molar-refractivity contribution is 0.673. The van der Waals surface area contributed by atoms with E-state index >= 15 is 0 Å². The smallest absolute Gasteiger partial charge is 0.225 e. The lowest BCUT2D eigenvalue weighted by atomic mass is 10.1. The molecule has 4 heterocycles. The third kappa shape index (κ3) is 3.37. The average molecular weight is 334 g/mol. The van der Waals surface area contributed by atoms with Crippen LogP contribution in [0.4, 0.5) is 17.6 Å². The Kier molecular flexibility index (Phi) is 4.16. The van der Waals surface area contributed by atoms with Gasteiger partial charge >= 0.3 is 0 Å². The van der Waals surface area contributed by atoms with Gasteiger partial charge in [-0.15, -0.1) is 0 Å². The summed E-state index contributed by atoms with van der Waals surface area (Å²) in [4.78, 5) is 28.4. The Morgan fingerprint density at radius 3 is 2.72 bits per heavy atom. The first-order valence-electron chi connectivity index (χ1n) is 8.22. The molecule has 0 saturated carbocycles. The first-order valence-corrected chi connectivity index (χ1v) is 8.22. The summed E-state index contributed by atoms with van der Waals surface area (Å²) in [5, 5.41) is 3.19. The van der Waals surface area contributed by atoms with Gasteiger partial charge in [0.1, 0.15) is 17.5 Å². The molecule has 126 valence electrons. The van der Waals surface area contributed by atoms with Crippen molar-refractivity contribution in [3.8, 4) is 0 Å². The zero-order valence-corrected chi connectivity index (χ0v) is 13.9. The van der Waals surface area contributed by atoms with Crippen molar-refractivity contribution in [1.29, 1.82) is 0 Å². The fourth-order valence-corrected chi connectivity index (χ4v) is 3.07. The van der Waals surface area contributed by atoms with E-state index in [1.807, 2.05) is 19.1 Å². The van der Waals surface area contributed by atoms with E-state index in [-0.39, 0.29) is 6.04 Å². The Bertz CT molecular complexity index is 840. The van der Waals surface area contributed by atoms with Crippen molar-refractivity contribution in [2.75, 3.05) is 16.8 Å². The third-order valence-corrected chi connectivity index (χ3v) is 4.08. The molecule has 3 aromatic rings. The maximum absolute atomic E-state index is 4.65. The Balaban J connectivity index is 1.63. The Labute approximate surface area is 145 Å². The molecule has 1 fully saturated rings. The highest BCUT2D eigenvalue weighted by atomic mass is 15.3. The summed E-state index contributed by atoms with van der Waals surface area (Å²) >= 11 is 0. The Morgan fingerprint density at radius 1 is 1.04 bits per heavy atom. The van der Waals surface area contributed by atoms with Crippen molar-refractivity contribution in [3.63, 3.8) is 0 Å². The van der Waals surface area contributed by atoms with Gasteiger partial charge in [0.05, 0.1) is 17.9 Å². The van der Waals surface area contributed by atoms with Crippen LogP contribution < -0.4 is 10.2 Å². The van der Waals surface area contributed by atoms with Gasteiger partial charge in [0.15, 0.2) is 0 Å². The number of aromatic nitrogens is 6. The van der Waals surface area contributed by atoms with Crippen molar-refractivity contribution in [3.05, 3.63) is 54.6 Å². The second kappa shape index (κ2) is 6.76. The minimum atomic E-state index is 0.145. The van der Waals surface area contributed by atoms with E-state index in [4.69, 9.17) is 0 Å². The van der Waals surface area contributed by atoms with Crippen LogP contribution in [0.3, 0.4) is 0 Å². The van der Waals surface area contributed by atoms with Crippen molar-refractivity contribution < 1.29 is 0 Å². The lowest BCUT2D eigenvalue weighted by Gasteiger charge is -2.24. The van der Waals surface area contributed by atoms with Gasteiger partial charge in [0.25, 0.3) is 0 Å². The first kappa shape index (κ1) is 15.4. The molecule has 1 N–H and O–H groups in total. The summed E-state index contributed by atoms with van der Waals surface area (Å²) in [6, 6.07) is 3.94. The molecule has 0 spiro atoms. The molecule has 4 rings (SSSR count). The summed E-state index contributed by atoms with van der Waals surface area (Å²) in [6.07, 6.45) is 10.6. The van der Waals surface area contributed by atoms with Crippen LogP contribution in [0.1, 0.15) is 30.4 Å². The number of hydrogen-bond acceptors (Lipinski definition) is 8. The van der Waals surface area contributed by atoms with E-state index in [2.05, 4.69) is 40.1 Å². The second-order valence-corrected chi connectivity index (χ2v) is 5.84. The summed E-state index contributed by atoms with van der Waals surface area (Å²) in [5.74, 6) is 2.82. The largest absolute Gasteiger partial charge is 0.332 e. The Morgan fingerprint density at radius 2 is 1.92 bits per heavy atom. The lowest BCUT2D eigenvalue weighted by Crippen LogP contribution is -2.25. The molecule has 1 aliphatic rings. The predicted molar refractivity (Wildman–Crippen MR) is 93.4 cm³/mol. The zero-order valence-electron chi connectivity index (χ0n) is 13.9. The highest BCUT2D eigenvalue weighted by molar-refractivity contribution is 5.51. The highest BCUT2D eigenvalue weighted by Gasteiger charge is 2.29. The minimum Gasteiger partial charge on any atom is -0.332 e. The van der Waals surface area contributed by atoms with E-state index in [0.717, 1.165) is 31.0 Å². The van der Waals surface area contributed by atoms with Crippen LogP contribution in [0.2, 0.25) is 0 Å². The van der Waals surface area contributed by atoms with Crippen LogP contribution in [-0.4, -0.2) is 36.4 Å². The van der Waals surface area contributed by atoms with Crippen LogP contribution in [0.15, 0.2) is 43.1 Å². The molecule has 1 unspecified atom stereocenters. The number of rotatable bonds is 4. The van der Waals surface area contributed by atoms with E-state index in [1.165, 1.54) is 0 Å². The molecule has 1 aliphatic heterocycles. The predicted octanol–water partition coefficient (Wildman–Crippen LogP) is 2.45. The monoisotopic (exact) mass is 334 g/mol. The molecule has 3 aromatic heterocycles. The minimum absolute atomic E-state index is 0.145. The van der Waals surface area contributed by atoms with Gasteiger partial charge in [0.2, 0.25) is 5.95 Å². The van der Waals surface area contributed by atoms with Crippen molar-refractivity contribution >= 4 is 17.6 Å². The number of hydrogen-bond donors (Lipinski definition) is 1. The molecule has 0 aliphatic carbocycles. The number of aryl methyl sites for hydroxylation is 1. The third-order valence-electron chi connectivity index (χ3n) is 4.08. The summed E-state index contributed by atoms with van der Waals surface area (Å²) in [7, 11) is 0. The fourth-order valence-electron chi connectivity index (χ4n) is 3.07. The molecule has 8 heteroatoms. The SMILES string of the molecule is Cc1nc(Nc2cnccn2)cc(C2CCCN2c2ncccn2)n1. The van der Waals surface area contributed by atoms with Crippen LogP contribution in [0, 0.1) is 6.92 Å². The maximum Gasteiger partial charge on any atom is 0.225 e. The van der Waals surface area contributed by atoms with E-state index < -0.39 is 0 Å². The van der Waals surface area contributed by atoms with E-state index in [0.29, 0.717) is 17.5 Å². The van der Waals surface area contributed by atoms with Crippen molar-refractivity contribution in [2.45, 2.75) is 25.8 Å². The number of nitrogens with one attached hydrogen (secondary N) is 1. The quantitative estimate of drug-likeness (QED) is 0.778. The van der Waals surface area contributed by atoms with Gasteiger partial charge in [-0.1, -0.05) is 0 Å². The van der Waals surface area contributed by atoms with Gasteiger partial charge in [-0.2, -0.15) is 0 Å². The molecule has 0 aromatic carbocycles. The molecule has 8 nitrogen and oxygen atoms in total. The second-order valence-electron chi connectivity index (χ2n) is 5.84. The molecule has 25 heavy (non-hydrogen) atoms. The van der Waals surface area contributed by atoms with Gasteiger partial charge in [-0.25, -0.2) is 24.9 Å². The summed E-state index contributed by atoms with van der Waals surface area (Å²) in [5.41, 5.74) is 0.962. The van der Waals surface area contributed by atoms with E-state index in [1.54, 1.807) is 31.0 Å². The van der Waals surface area contributed by atoms with Crippen molar-refractivity contribution in [2.24, 2.45) is 0 Å². The molecular weight excluding hydrogens is 316 g/mol. The zero-order chi connectivity index (χ0) is 17.1. The fraction of sp³-hybridized carbons (Fsp3) is 0.294. The molecule has 1 saturated heterocycles. The van der Waals surface area contributed by atoms with Crippen LogP contribution in [-0.2, 0) is 0 Å². The summed E-state index contributed by atoms with van der Waals surface area (Å²) < 4.78 is 0. The van der Waals surface area contributed by atoms with Crippen LogP contribution >= 0.6 is 0 Å². The number of anilines is 3.